The molecule has 1 aromatic carbocycles. The lowest BCUT2D eigenvalue weighted by Gasteiger charge is -2.30. The monoisotopic (exact) mass is 442 g/mol. The van der Waals surface area contributed by atoms with Crippen molar-refractivity contribution in [1.82, 2.24) is 19.3 Å². The number of ether oxygens (including phenoxy) is 2. The number of nitrogens with zero attached hydrogens (tertiary/aromatic N) is 4. The summed E-state index contributed by atoms with van der Waals surface area (Å²) in [6.07, 6.45) is 3.90. The first-order valence-electron chi connectivity index (χ1n) is 9.74. The van der Waals surface area contributed by atoms with Crippen molar-refractivity contribution in [3.63, 3.8) is 0 Å². The zero-order chi connectivity index (χ0) is 22.0. The van der Waals surface area contributed by atoms with E-state index in [1.54, 1.807) is 30.6 Å². The molecular weight excluding hydrogens is 420 g/mol. The molecule has 9 nitrogen and oxygen atoms in total. The summed E-state index contributed by atoms with van der Waals surface area (Å²) in [5.41, 5.74) is 3.16. The molecule has 0 amide bonds. The van der Waals surface area contributed by atoms with Crippen LogP contribution in [0.1, 0.15) is 17.3 Å². The van der Waals surface area contributed by atoms with Gasteiger partial charge in [0.2, 0.25) is 15.9 Å². The summed E-state index contributed by atoms with van der Waals surface area (Å²) in [5.74, 6) is 0.278. The number of rotatable bonds is 6. The minimum atomic E-state index is -3.29. The van der Waals surface area contributed by atoms with Crippen LogP contribution in [0.15, 0.2) is 42.7 Å². The minimum absolute atomic E-state index is 0.0106. The van der Waals surface area contributed by atoms with Gasteiger partial charge in [-0.1, -0.05) is 24.3 Å². The fourth-order valence-corrected chi connectivity index (χ4v) is 4.18. The molecule has 3 aromatic rings. The Labute approximate surface area is 180 Å². The summed E-state index contributed by atoms with van der Waals surface area (Å²) in [7, 11) is -3.29. The second kappa shape index (κ2) is 8.66. The Kier molecular flexibility index (Phi) is 5.94. The molecule has 3 heterocycles. The minimum Gasteiger partial charge on any atom is -0.473 e. The maximum atomic E-state index is 11.8. The first kappa shape index (κ1) is 21.3. The van der Waals surface area contributed by atoms with Gasteiger partial charge in [-0.05, 0) is 13.0 Å². The molecule has 31 heavy (non-hydrogen) atoms. The molecule has 1 saturated heterocycles. The molecule has 1 atom stereocenters. The van der Waals surface area contributed by atoms with Crippen LogP contribution < -0.4 is 4.74 Å². The summed E-state index contributed by atoms with van der Waals surface area (Å²) in [4.78, 5) is 24.8. The molecule has 1 aliphatic rings. The number of carbonyl (C=O) groups is 1. The van der Waals surface area contributed by atoms with Gasteiger partial charge in [0.1, 0.15) is 12.7 Å². The van der Waals surface area contributed by atoms with Crippen LogP contribution in [0.25, 0.3) is 22.3 Å². The smallest absolute Gasteiger partial charge is 0.242 e. The van der Waals surface area contributed by atoms with Crippen molar-refractivity contribution < 1.29 is 22.7 Å². The van der Waals surface area contributed by atoms with E-state index in [4.69, 9.17) is 9.47 Å². The summed E-state index contributed by atoms with van der Waals surface area (Å²) in [6.45, 7) is 2.49. The molecule has 0 radical (unpaired) electrons. The Bertz CT molecular complexity index is 1210. The van der Waals surface area contributed by atoms with Crippen LogP contribution in [0.5, 0.6) is 5.88 Å². The summed E-state index contributed by atoms with van der Waals surface area (Å²) < 4.78 is 36.6. The number of Topliss-reactive ketones (excluding diaryl/α,β-unsaturated/α-hetero) is 1. The Hall–Kier alpha value is -2.95. The van der Waals surface area contributed by atoms with E-state index in [-0.39, 0.29) is 24.8 Å². The van der Waals surface area contributed by atoms with Gasteiger partial charge in [-0.25, -0.2) is 18.4 Å². The number of carbonyl (C=O) groups excluding carboxylic acids is 1. The van der Waals surface area contributed by atoms with E-state index in [2.05, 4.69) is 15.0 Å². The van der Waals surface area contributed by atoms with Gasteiger partial charge in [0, 0.05) is 36.6 Å². The molecule has 0 N–H and O–H groups in total. The first-order valence-corrected chi connectivity index (χ1v) is 11.6. The largest absolute Gasteiger partial charge is 0.473 e. The highest BCUT2D eigenvalue weighted by Gasteiger charge is 2.27. The fourth-order valence-electron chi connectivity index (χ4n) is 3.33. The van der Waals surface area contributed by atoms with E-state index >= 15 is 0 Å². The highest BCUT2D eigenvalue weighted by Crippen LogP contribution is 2.27. The number of pyridine rings is 1. The molecule has 4 rings (SSSR count). The lowest BCUT2D eigenvalue weighted by molar-refractivity contribution is -0.0252. The predicted molar refractivity (Wildman–Crippen MR) is 114 cm³/mol. The summed E-state index contributed by atoms with van der Waals surface area (Å²) in [6, 6.07) is 8.94. The zero-order valence-corrected chi connectivity index (χ0v) is 18.0. The normalized spacial score (nSPS) is 17.5. The Morgan fingerprint density at radius 3 is 2.68 bits per heavy atom. The molecule has 1 aliphatic heterocycles. The molecule has 0 saturated carbocycles. The Morgan fingerprint density at radius 1 is 1.23 bits per heavy atom. The van der Waals surface area contributed by atoms with Gasteiger partial charge in [0.15, 0.2) is 11.3 Å². The SMILES string of the molecule is CC(=O)c1ccc(-c2cc3nccnc3c(OCC3CN(S(C)(=O)=O)CCO3)n2)cc1. The molecule has 1 unspecified atom stereocenters. The molecule has 0 spiro atoms. The molecule has 0 bridgehead atoms. The Balaban J connectivity index is 1.60. The van der Waals surface area contributed by atoms with Gasteiger partial charge in [-0.3, -0.25) is 9.78 Å². The average Bonchev–Trinajstić information content (AvgIpc) is 2.77. The first-order chi connectivity index (χ1) is 14.8. The lowest BCUT2D eigenvalue weighted by atomic mass is 10.1. The summed E-state index contributed by atoms with van der Waals surface area (Å²) >= 11 is 0. The van der Waals surface area contributed by atoms with Crippen LogP contribution in [0.3, 0.4) is 0 Å². The van der Waals surface area contributed by atoms with Gasteiger partial charge in [-0.2, -0.15) is 4.31 Å². The van der Waals surface area contributed by atoms with Gasteiger partial charge < -0.3 is 9.47 Å². The lowest BCUT2D eigenvalue weighted by Crippen LogP contribution is -2.47. The van der Waals surface area contributed by atoms with Crippen LogP contribution in [0.2, 0.25) is 0 Å². The third-order valence-corrected chi connectivity index (χ3v) is 6.26. The van der Waals surface area contributed by atoms with Gasteiger partial charge in [0.25, 0.3) is 0 Å². The number of ketones is 1. The average molecular weight is 442 g/mol. The van der Waals surface area contributed by atoms with Crippen molar-refractivity contribution in [3.05, 3.63) is 48.3 Å². The van der Waals surface area contributed by atoms with E-state index < -0.39 is 16.1 Å². The van der Waals surface area contributed by atoms with Crippen molar-refractivity contribution in [1.29, 1.82) is 0 Å². The second-order valence-electron chi connectivity index (χ2n) is 7.30. The van der Waals surface area contributed by atoms with Gasteiger partial charge in [-0.15, -0.1) is 0 Å². The fraction of sp³-hybridized carbons (Fsp3) is 0.333. The van der Waals surface area contributed by atoms with E-state index in [0.717, 1.165) is 5.56 Å². The van der Waals surface area contributed by atoms with E-state index in [0.29, 0.717) is 35.4 Å². The maximum Gasteiger partial charge on any atom is 0.242 e. The van der Waals surface area contributed by atoms with Gasteiger partial charge >= 0.3 is 0 Å². The third-order valence-electron chi connectivity index (χ3n) is 4.99. The number of hydrogen-bond donors (Lipinski definition) is 0. The quantitative estimate of drug-likeness (QED) is 0.533. The topological polar surface area (TPSA) is 112 Å². The van der Waals surface area contributed by atoms with Crippen molar-refractivity contribution in [2.75, 3.05) is 32.6 Å². The molecule has 2 aromatic heterocycles. The van der Waals surface area contributed by atoms with Crippen molar-refractivity contribution in [2.45, 2.75) is 13.0 Å². The van der Waals surface area contributed by atoms with Crippen LogP contribution in [0.4, 0.5) is 0 Å². The standard InChI is InChI=1S/C21H22N4O5S/c1-14(26)15-3-5-16(6-4-15)18-11-19-20(23-8-7-22-19)21(24-18)30-13-17-12-25(9-10-29-17)31(2,27)28/h3-8,11,17H,9-10,12-13H2,1-2H3. The van der Waals surface area contributed by atoms with Crippen molar-refractivity contribution in [3.8, 4) is 17.1 Å². The van der Waals surface area contributed by atoms with Crippen molar-refractivity contribution >= 4 is 26.8 Å². The number of sulfonamides is 1. The number of fused-ring (bicyclic) bond motifs is 1. The highest BCUT2D eigenvalue weighted by molar-refractivity contribution is 7.88. The number of aromatic nitrogens is 3. The van der Waals surface area contributed by atoms with Crippen LogP contribution in [0, 0.1) is 0 Å². The predicted octanol–water partition coefficient (Wildman–Crippen LogP) is 1.93. The number of benzene rings is 1. The van der Waals surface area contributed by atoms with E-state index in [9.17, 15) is 13.2 Å². The number of hydrogen-bond acceptors (Lipinski definition) is 8. The van der Waals surface area contributed by atoms with Gasteiger partial charge in [0.05, 0.1) is 24.1 Å². The third kappa shape index (κ3) is 4.87. The molecule has 10 heteroatoms. The maximum absolute atomic E-state index is 11.8. The number of morpholine rings is 1. The molecule has 0 aliphatic carbocycles. The molecule has 162 valence electrons. The highest BCUT2D eigenvalue weighted by atomic mass is 32.2. The Morgan fingerprint density at radius 2 is 1.97 bits per heavy atom. The zero-order valence-electron chi connectivity index (χ0n) is 17.2. The summed E-state index contributed by atoms with van der Waals surface area (Å²) in [5, 5.41) is 0. The van der Waals surface area contributed by atoms with E-state index in [1.165, 1.54) is 17.5 Å². The van der Waals surface area contributed by atoms with E-state index in [1.807, 2.05) is 12.1 Å². The van der Waals surface area contributed by atoms with Crippen LogP contribution in [-0.4, -0.2) is 72.1 Å². The second-order valence-corrected chi connectivity index (χ2v) is 9.28. The van der Waals surface area contributed by atoms with Crippen LogP contribution >= 0.6 is 0 Å². The molecular formula is C21H22N4O5S. The molecule has 1 fully saturated rings. The van der Waals surface area contributed by atoms with Crippen LogP contribution in [-0.2, 0) is 14.8 Å². The van der Waals surface area contributed by atoms with Crippen molar-refractivity contribution in [2.24, 2.45) is 0 Å².